The average molecular weight is 269 g/mol. The molecule has 1 aliphatic rings. The van der Waals surface area contributed by atoms with E-state index in [4.69, 9.17) is 4.74 Å². The fraction of sp³-hybridized carbons (Fsp3) is 0.294. The van der Waals surface area contributed by atoms with E-state index < -0.39 is 0 Å². The van der Waals surface area contributed by atoms with Crippen LogP contribution >= 0.6 is 0 Å². The van der Waals surface area contributed by atoms with Gasteiger partial charge >= 0.3 is 0 Å². The van der Waals surface area contributed by atoms with Gasteiger partial charge in [-0.05, 0) is 48.0 Å². The van der Waals surface area contributed by atoms with E-state index in [1.807, 2.05) is 24.3 Å². The Morgan fingerprint density at radius 3 is 2.60 bits per heavy atom. The Bertz CT molecular complexity index is 607. The summed E-state index contributed by atoms with van der Waals surface area (Å²) in [5, 5.41) is 9.66. The van der Waals surface area contributed by atoms with Crippen molar-refractivity contribution in [3.8, 4) is 11.5 Å². The van der Waals surface area contributed by atoms with Crippen molar-refractivity contribution in [3.05, 3.63) is 59.2 Å². The molecule has 1 atom stereocenters. The fourth-order valence-corrected chi connectivity index (χ4v) is 2.96. The topological polar surface area (TPSA) is 32.7 Å². The maximum absolute atomic E-state index is 9.66. The summed E-state index contributed by atoms with van der Waals surface area (Å²) in [6.45, 7) is 1.88. The summed E-state index contributed by atoms with van der Waals surface area (Å²) in [6.07, 6.45) is 0. The summed E-state index contributed by atoms with van der Waals surface area (Å²) in [5.41, 5.74) is 3.80. The SMILES string of the molecule is COc1ccc(C2CN(C)Cc3cc(O)ccc32)cc1. The number of fused-ring (bicyclic) bond motifs is 1. The van der Waals surface area contributed by atoms with Gasteiger partial charge in [0.25, 0.3) is 0 Å². The normalized spacial score (nSPS) is 18.6. The minimum absolute atomic E-state index is 0.340. The molecule has 2 aromatic rings. The van der Waals surface area contributed by atoms with Crippen LogP contribution < -0.4 is 4.74 Å². The molecule has 2 aromatic carbocycles. The highest BCUT2D eigenvalue weighted by Gasteiger charge is 2.24. The monoisotopic (exact) mass is 269 g/mol. The molecule has 3 heteroatoms. The first-order valence-electron chi connectivity index (χ1n) is 6.81. The molecular formula is C17H19NO2. The van der Waals surface area contributed by atoms with Gasteiger partial charge in [-0.3, -0.25) is 0 Å². The summed E-state index contributed by atoms with van der Waals surface area (Å²) >= 11 is 0. The predicted molar refractivity (Wildman–Crippen MR) is 79.3 cm³/mol. The van der Waals surface area contributed by atoms with Gasteiger partial charge in [0.15, 0.2) is 0 Å². The number of methoxy groups -OCH3 is 1. The van der Waals surface area contributed by atoms with Crippen LogP contribution in [0.4, 0.5) is 0 Å². The molecule has 1 heterocycles. The molecular weight excluding hydrogens is 250 g/mol. The lowest BCUT2D eigenvalue weighted by Gasteiger charge is -2.32. The molecule has 0 radical (unpaired) electrons. The Morgan fingerprint density at radius 2 is 1.90 bits per heavy atom. The molecule has 0 saturated heterocycles. The number of nitrogens with zero attached hydrogens (tertiary/aromatic N) is 1. The average Bonchev–Trinajstić information content (AvgIpc) is 2.46. The number of ether oxygens (including phenoxy) is 1. The van der Waals surface area contributed by atoms with E-state index in [9.17, 15) is 5.11 Å². The van der Waals surface area contributed by atoms with Crippen LogP contribution in [0.1, 0.15) is 22.6 Å². The molecule has 1 N–H and O–H groups in total. The Morgan fingerprint density at radius 1 is 1.15 bits per heavy atom. The number of aromatic hydroxyl groups is 1. The lowest BCUT2D eigenvalue weighted by Crippen LogP contribution is -2.30. The molecule has 104 valence electrons. The fourth-order valence-electron chi connectivity index (χ4n) is 2.96. The van der Waals surface area contributed by atoms with Crippen LogP contribution in [0.25, 0.3) is 0 Å². The molecule has 0 fully saturated rings. The van der Waals surface area contributed by atoms with E-state index in [1.54, 1.807) is 13.2 Å². The summed E-state index contributed by atoms with van der Waals surface area (Å²) in [4.78, 5) is 2.29. The maximum atomic E-state index is 9.66. The molecule has 0 bridgehead atoms. The van der Waals surface area contributed by atoms with Gasteiger partial charge in [0.05, 0.1) is 7.11 Å². The lowest BCUT2D eigenvalue weighted by atomic mass is 9.85. The molecule has 3 nitrogen and oxygen atoms in total. The Labute approximate surface area is 119 Å². The molecule has 0 saturated carbocycles. The third-order valence-electron chi connectivity index (χ3n) is 3.95. The predicted octanol–water partition coefficient (Wildman–Crippen LogP) is 2.98. The van der Waals surface area contributed by atoms with Crippen molar-refractivity contribution in [2.24, 2.45) is 0 Å². The summed E-state index contributed by atoms with van der Waals surface area (Å²) in [7, 11) is 3.80. The van der Waals surface area contributed by atoms with E-state index >= 15 is 0 Å². The van der Waals surface area contributed by atoms with Crippen molar-refractivity contribution < 1.29 is 9.84 Å². The van der Waals surface area contributed by atoms with Crippen LogP contribution in [0.5, 0.6) is 11.5 Å². The van der Waals surface area contributed by atoms with E-state index in [-0.39, 0.29) is 0 Å². The van der Waals surface area contributed by atoms with Gasteiger partial charge in [-0.2, -0.15) is 0 Å². The van der Waals surface area contributed by atoms with Gasteiger partial charge in [-0.1, -0.05) is 18.2 Å². The highest BCUT2D eigenvalue weighted by atomic mass is 16.5. The van der Waals surface area contributed by atoms with Crippen LogP contribution in [0.2, 0.25) is 0 Å². The van der Waals surface area contributed by atoms with E-state index in [2.05, 4.69) is 24.1 Å². The van der Waals surface area contributed by atoms with Crippen molar-refractivity contribution in [1.82, 2.24) is 4.90 Å². The van der Waals surface area contributed by atoms with Crippen molar-refractivity contribution >= 4 is 0 Å². The van der Waals surface area contributed by atoms with Crippen LogP contribution in [-0.4, -0.2) is 30.7 Å². The first-order chi connectivity index (χ1) is 9.67. The smallest absolute Gasteiger partial charge is 0.118 e. The third-order valence-corrected chi connectivity index (χ3v) is 3.95. The number of hydrogen-bond acceptors (Lipinski definition) is 3. The van der Waals surface area contributed by atoms with E-state index in [1.165, 1.54) is 16.7 Å². The van der Waals surface area contributed by atoms with Gasteiger partial charge < -0.3 is 14.7 Å². The number of rotatable bonds is 2. The lowest BCUT2D eigenvalue weighted by molar-refractivity contribution is 0.294. The second kappa shape index (κ2) is 5.17. The number of hydrogen-bond donors (Lipinski definition) is 1. The van der Waals surface area contributed by atoms with Crippen molar-refractivity contribution in [2.75, 3.05) is 20.7 Å². The van der Waals surface area contributed by atoms with Crippen LogP contribution in [0, 0.1) is 0 Å². The molecule has 1 aliphatic heterocycles. The highest BCUT2D eigenvalue weighted by Crippen LogP contribution is 2.35. The Balaban J connectivity index is 2.01. The van der Waals surface area contributed by atoms with Gasteiger partial charge in [0, 0.05) is 19.0 Å². The van der Waals surface area contributed by atoms with Crippen LogP contribution in [0.15, 0.2) is 42.5 Å². The zero-order valence-corrected chi connectivity index (χ0v) is 11.8. The van der Waals surface area contributed by atoms with E-state index in [0.717, 1.165) is 18.8 Å². The van der Waals surface area contributed by atoms with Crippen molar-refractivity contribution in [3.63, 3.8) is 0 Å². The number of benzene rings is 2. The first kappa shape index (κ1) is 13.0. The second-order valence-electron chi connectivity index (χ2n) is 5.41. The Hall–Kier alpha value is -2.00. The standard InChI is InChI=1S/C17H19NO2/c1-18-10-13-9-14(19)5-8-16(13)17(11-18)12-3-6-15(20-2)7-4-12/h3-9,17,19H,10-11H2,1-2H3. The second-order valence-corrected chi connectivity index (χ2v) is 5.41. The van der Waals surface area contributed by atoms with Gasteiger partial charge in [0.2, 0.25) is 0 Å². The van der Waals surface area contributed by atoms with Crippen LogP contribution in [0.3, 0.4) is 0 Å². The molecule has 3 rings (SSSR count). The zero-order valence-electron chi connectivity index (χ0n) is 11.8. The minimum Gasteiger partial charge on any atom is -0.508 e. The number of phenols is 1. The van der Waals surface area contributed by atoms with Crippen molar-refractivity contribution in [2.45, 2.75) is 12.5 Å². The molecule has 0 aromatic heterocycles. The molecule has 20 heavy (non-hydrogen) atoms. The number of phenolic OH excluding ortho intramolecular Hbond substituents is 1. The Kier molecular flexibility index (Phi) is 3.36. The first-order valence-corrected chi connectivity index (χ1v) is 6.81. The van der Waals surface area contributed by atoms with Gasteiger partial charge in [-0.25, -0.2) is 0 Å². The minimum atomic E-state index is 0.340. The molecule has 0 spiro atoms. The molecule has 0 amide bonds. The zero-order chi connectivity index (χ0) is 14.1. The van der Waals surface area contributed by atoms with Gasteiger partial charge in [0.1, 0.15) is 11.5 Å². The van der Waals surface area contributed by atoms with Crippen molar-refractivity contribution in [1.29, 1.82) is 0 Å². The highest BCUT2D eigenvalue weighted by molar-refractivity contribution is 5.44. The largest absolute Gasteiger partial charge is 0.508 e. The van der Waals surface area contributed by atoms with Gasteiger partial charge in [-0.15, -0.1) is 0 Å². The quantitative estimate of drug-likeness (QED) is 0.909. The summed E-state index contributed by atoms with van der Waals surface area (Å²) in [6, 6.07) is 14.0. The number of likely N-dealkylation sites (N-methyl/N-ethyl adjacent to an activating group) is 1. The third kappa shape index (κ3) is 2.37. The summed E-state index contributed by atoms with van der Waals surface area (Å²) < 4.78 is 5.22. The van der Waals surface area contributed by atoms with Crippen LogP contribution in [-0.2, 0) is 6.54 Å². The van der Waals surface area contributed by atoms with E-state index in [0.29, 0.717) is 11.7 Å². The molecule has 1 unspecified atom stereocenters. The molecule has 0 aliphatic carbocycles. The summed E-state index contributed by atoms with van der Waals surface area (Å²) in [5.74, 6) is 1.56. The maximum Gasteiger partial charge on any atom is 0.118 e.